The fourth-order valence-electron chi connectivity index (χ4n) is 5.62. The SMILES string of the molecule is Cl/C(c1ccc(Cl)cc1)=[N+]1/[C@@H]2C[C@H]3CC[C@@H]2[C@H]3[C@@]1(Cl)c1ccc(Cl)cc1. The summed E-state index contributed by atoms with van der Waals surface area (Å²) in [6.45, 7) is 0. The molecule has 0 radical (unpaired) electrons. The Labute approximate surface area is 173 Å². The lowest BCUT2D eigenvalue weighted by Gasteiger charge is -2.33. The maximum Gasteiger partial charge on any atom is 0.278 e. The summed E-state index contributed by atoms with van der Waals surface area (Å²) in [6, 6.07) is 16.0. The Bertz CT molecular complexity index is 889. The van der Waals surface area contributed by atoms with E-state index in [1.807, 2.05) is 36.4 Å². The predicted octanol–water partition coefficient (Wildman–Crippen LogP) is 6.51. The van der Waals surface area contributed by atoms with Gasteiger partial charge < -0.3 is 0 Å². The van der Waals surface area contributed by atoms with Gasteiger partial charge in [-0.05, 0) is 90.5 Å². The molecule has 4 bridgehead atoms. The Morgan fingerprint density at radius 3 is 2.19 bits per heavy atom. The molecule has 2 aliphatic carbocycles. The maximum atomic E-state index is 7.47. The molecule has 5 rings (SSSR count). The molecule has 0 amide bonds. The van der Waals surface area contributed by atoms with E-state index < -0.39 is 5.00 Å². The molecular weight excluding hydrogens is 408 g/mol. The maximum absolute atomic E-state index is 7.47. The van der Waals surface area contributed by atoms with Crippen LogP contribution in [-0.4, -0.2) is 15.8 Å². The summed E-state index contributed by atoms with van der Waals surface area (Å²) in [4.78, 5) is -0.615. The van der Waals surface area contributed by atoms with Crippen LogP contribution >= 0.6 is 46.4 Å². The van der Waals surface area contributed by atoms with Crippen LogP contribution in [0.4, 0.5) is 0 Å². The molecule has 5 heteroatoms. The third-order valence-electron chi connectivity index (χ3n) is 6.55. The largest absolute Gasteiger partial charge is 0.278 e. The molecule has 0 unspecified atom stereocenters. The highest BCUT2D eigenvalue weighted by Gasteiger charge is 2.73. The molecule has 3 fully saturated rings. The summed E-state index contributed by atoms with van der Waals surface area (Å²) in [5, 5.41) is 2.14. The first-order valence-corrected chi connectivity index (χ1v) is 10.5. The molecule has 26 heavy (non-hydrogen) atoms. The number of benzene rings is 2. The van der Waals surface area contributed by atoms with Crippen molar-refractivity contribution in [1.82, 2.24) is 0 Å². The molecule has 3 aliphatic rings. The van der Waals surface area contributed by atoms with E-state index in [0.29, 0.717) is 34.0 Å². The van der Waals surface area contributed by atoms with Gasteiger partial charge >= 0.3 is 0 Å². The van der Waals surface area contributed by atoms with Gasteiger partial charge in [-0.15, -0.1) is 0 Å². The highest BCUT2D eigenvalue weighted by molar-refractivity contribution is 6.68. The zero-order chi connectivity index (χ0) is 18.1. The molecule has 2 aromatic carbocycles. The third kappa shape index (κ3) is 2.34. The molecule has 2 aromatic rings. The highest BCUT2D eigenvalue weighted by atomic mass is 35.5. The Morgan fingerprint density at radius 2 is 1.54 bits per heavy atom. The zero-order valence-electron chi connectivity index (χ0n) is 14.0. The second-order valence-electron chi connectivity index (χ2n) is 7.68. The van der Waals surface area contributed by atoms with Gasteiger partial charge in [0.2, 0.25) is 0 Å². The predicted molar refractivity (Wildman–Crippen MR) is 109 cm³/mol. The first kappa shape index (κ1) is 17.4. The van der Waals surface area contributed by atoms with Gasteiger partial charge in [0.25, 0.3) is 10.2 Å². The molecular formula is C21H18Cl4N+. The monoisotopic (exact) mass is 424 g/mol. The van der Waals surface area contributed by atoms with Crippen LogP contribution in [0.25, 0.3) is 0 Å². The standard InChI is InChI=1S/C21H18Cl4N/c22-15-6-1-12(2-7-15)20(24)26-18-11-13-3-10-17(18)19(13)21(26,25)14-4-8-16(23)9-5-14/h1-2,4-9,13,17-19H,3,10-11H2/q+1/b26-20-/t13-,17+,18-,19+,21-/m1/s1. The van der Waals surface area contributed by atoms with Crippen LogP contribution in [0.1, 0.15) is 30.4 Å². The van der Waals surface area contributed by atoms with E-state index in [2.05, 4.69) is 16.7 Å². The molecule has 2 saturated carbocycles. The Morgan fingerprint density at radius 1 is 0.923 bits per heavy atom. The molecule has 1 heterocycles. The van der Waals surface area contributed by atoms with Crippen LogP contribution in [0.15, 0.2) is 48.5 Å². The number of piperidine rings is 1. The molecule has 0 aromatic heterocycles. The topological polar surface area (TPSA) is 3.01 Å². The van der Waals surface area contributed by atoms with E-state index in [9.17, 15) is 0 Å². The number of hydrogen-bond acceptors (Lipinski definition) is 0. The number of nitrogens with zero attached hydrogens (tertiary/aromatic N) is 1. The van der Waals surface area contributed by atoms with Gasteiger partial charge in [0.05, 0.1) is 11.5 Å². The summed E-state index contributed by atoms with van der Waals surface area (Å²) in [6.07, 6.45) is 3.70. The lowest BCUT2D eigenvalue weighted by molar-refractivity contribution is -0.618. The molecule has 0 N–H and O–H groups in total. The van der Waals surface area contributed by atoms with Gasteiger partial charge in [-0.1, -0.05) is 23.2 Å². The number of alkyl halides is 1. The van der Waals surface area contributed by atoms with Crippen molar-refractivity contribution < 1.29 is 4.58 Å². The highest BCUT2D eigenvalue weighted by Crippen LogP contribution is 2.66. The fourth-order valence-corrected chi connectivity index (χ4v) is 6.98. The van der Waals surface area contributed by atoms with Gasteiger partial charge in [0.15, 0.2) is 6.04 Å². The molecule has 134 valence electrons. The molecule has 1 aliphatic heterocycles. The normalized spacial score (nSPS) is 36.6. The average Bonchev–Trinajstić information content (AvgIpc) is 3.28. The minimum Gasteiger partial charge on any atom is -0.192 e. The first-order chi connectivity index (χ1) is 12.5. The van der Waals surface area contributed by atoms with E-state index in [-0.39, 0.29) is 0 Å². The van der Waals surface area contributed by atoms with Crippen molar-refractivity contribution in [2.75, 3.05) is 0 Å². The second-order valence-corrected chi connectivity index (χ2v) is 9.49. The van der Waals surface area contributed by atoms with E-state index in [1.54, 1.807) is 0 Å². The quantitative estimate of drug-likeness (QED) is 0.293. The molecule has 5 atom stereocenters. The smallest absolute Gasteiger partial charge is 0.192 e. The minimum absolute atomic E-state index is 0.398. The summed E-state index contributed by atoms with van der Waals surface area (Å²) < 4.78 is 2.27. The summed E-state index contributed by atoms with van der Waals surface area (Å²) in [5.41, 5.74) is 2.04. The van der Waals surface area contributed by atoms with Crippen molar-refractivity contribution >= 4 is 51.6 Å². The van der Waals surface area contributed by atoms with E-state index in [4.69, 9.17) is 46.4 Å². The molecule has 1 nitrogen and oxygen atoms in total. The summed E-state index contributed by atoms with van der Waals surface area (Å²) in [5.74, 6) is 1.72. The van der Waals surface area contributed by atoms with E-state index in [1.165, 1.54) is 19.3 Å². The van der Waals surface area contributed by atoms with Gasteiger partial charge in [-0.25, -0.2) is 0 Å². The van der Waals surface area contributed by atoms with Crippen LogP contribution in [-0.2, 0) is 5.00 Å². The van der Waals surface area contributed by atoms with Crippen LogP contribution in [0, 0.1) is 17.8 Å². The zero-order valence-corrected chi connectivity index (χ0v) is 17.0. The van der Waals surface area contributed by atoms with Crippen molar-refractivity contribution in [3.63, 3.8) is 0 Å². The summed E-state index contributed by atoms with van der Waals surface area (Å²) >= 11 is 26.6. The van der Waals surface area contributed by atoms with Crippen molar-refractivity contribution in [2.24, 2.45) is 17.8 Å². The third-order valence-corrected chi connectivity index (χ3v) is 8.10. The van der Waals surface area contributed by atoms with Crippen molar-refractivity contribution in [3.8, 4) is 0 Å². The average molecular weight is 426 g/mol. The number of hydrogen-bond donors (Lipinski definition) is 0. The van der Waals surface area contributed by atoms with E-state index in [0.717, 1.165) is 16.1 Å². The van der Waals surface area contributed by atoms with Crippen molar-refractivity contribution in [1.29, 1.82) is 0 Å². The van der Waals surface area contributed by atoms with Crippen LogP contribution in [0.5, 0.6) is 0 Å². The van der Waals surface area contributed by atoms with Crippen LogP contribution in [0.3, 0.4) is 0 Å². The van der Waals surface area contributed by atoms with Gasteiger partial charge in [-0.3, -0.25) is 0 Å². The lowest BCUT2D eigenvalue weighted by atomic mass is 9.85. The Hall–Kier alpha value is -0.730. The first-order valence-electron chi connectivity index (χ1n) is 9.03. The van der Waals surface area contributed by atoms with Gasteiger partial charge in [0, 0.05) is 27.9 Å². The Balaban J connectivity index is 1.71. The second kappa shape index (κ2) is 6.14. The lowest BCUT2D eigenvalue weighted by Crippen LogP contribution is -2.45. The van der Waals surface area contributed by atoms with Crippen molar-refractivity contribution in [2.45, 2.75) is 30.3 Å². The fraction of sp³-hybridized carbons (Fsp3) is 0.381. The van der Waals surface area contributed by atoms with Crippen LogP contribution < -0.4 is 0 Å². The van der Waals surface area contributed by atoms with Gasteiger partial charge in [-0.2, -0.15) is 4.58 Å². The minimum atomic E-state index is -0.615. The van der Waals surface area contributed by atoms with Crippen molar-refractivity contribution in [3.05, 3.63) is 69.7 Å². The number of rotatable bonds is 2. The van der Waals surface area contributed by atoms with E-state index >= 15 is 0 Å². The van der Waals surface area contributed by atoms with Crippen LogP contribution in [0.2, 0.25) is 10.0 Å². The molecule has 1 saturated heterocycles. The summed E-state index contributed by atoms with van der Waals surface area (Å²) in [7, 11) is 0. The van der Waals surface area contributed by atoms with Gasteiger partial charge in [0.1, 0.15) is 0 Å². The number of halogens is 4. The molecule has 0 spiro atoms. The Kier molecular flexibility index (Phi) is 4.10.